The second-order valence-electron chi connectivity index (χ2n) is 5.97. The van der Waals surface area contributed by atoms with Crippen LogP contribution in [0.4, 0.5) is 10.3 Å². The van der Waals surface area contributed by atoms with Crippen molar-refractivity contribution in [1.29, 1.82) is 0 Å². The van der Waals surface area contributed by atoms with E-state index in [9.17, 15) is 9.18 Å². The van der Waals surface area contributed by atoms with E-state index in [1.54, 1.807) is 23.0 Å². The van der Waals surface area contributed by atoms with Crippen molar-refractivity contribution in [2.75, 3.05) is 5.32 Å². The molecular weight excluding hydrogens is 347 g/mol. The number of rotatable bonds is 4. The number of H-pyrrole nitrogens is 1. The summed E-state index contributed by atoms with van der Waals surface area (Å²) >= 11 is 0. The fourth-order valence-corrected chi connectivity index (χ4v) is 2.63. The zero-order valence-corrected chi connectivity index (χ0v) is 14.3. The molecule has 0 aliphatic rings. The largest absolute Gasteiger partial charge is 0.291 e. The van der Waals surface area contributed by atoms with Crippen LogP contribution < -0.4 is 5.32 Å². The summed E-state index contributed by atoms with van der Waals surface area (Å²) in [5, 5.41) is 13.5. The van der Waals surface area contributed by atoms with Crippen LogP contribution in [-0.2, 0) is 0 Å². The molecule has 8 heteroatoms. The molecule has 0 radical (unpaired) electrons. The lowest BCUT2D eigenvalue weighted by Gasteiger charge is -2.03. The van der Waals surface area contributed by atoms with Crippen molar-refractivity contribution >= 4 is 11.9 Å². The van der Waals surface area contributed by atoms with Gasteiger partial charge in [0.2, 0.25) is 5.95 Å². The zero-order valence-electron chi connectivity index (χ0n) is 14.3. The van der Waals surface area contributed by atoms with Gasteiger partial charge in [-0.05, 0) is 31.2 Å². The standard InChI is InChI=1S/C19H15FN6O/c1-12-2-4-13(5-3-12)17-16(18(27)23-19-21-11-22-24-19)10-26(25-17)15-8-6-14(20)7-9-15/h2-11H,1H3,(H2,21,22,23,24,27). The van der Waals surface area contributed by atoms with Crippen molar-refractivity contribution in [3.05, 3.63) is 78.0 Å². The summed E-state index contributed by atoms with van der Waals surface area (Å²) in [6, 6.07) is 13.6. The van der Waals surface area contributed by atoms with Crippen molar-refractivity contribution in [2.24, 2.45) is 0 Å². The minimum Gasteiger partial charge on any atom is -0.291 e. The van der Waals surface area contributed by atoms with Crippen molar-refractivity contribution < 1.29 is 9.18 Å². The van der Waals surface area contributed by atoms with E-state index in [0.717, 1.165) is 11.1 Å². The van der Waals surface area contributed by atoms with E-state index in [-0.39, 0.29) is 17.7 Å². The van der Waals surface area contributed by atoms with Gasteiger partial charge in [-0.1, -0.05) is 29.8 Å². The number of benzene rings is 2. The van der Waals surface area contributed by atoms with Crippen LogP contribution in [0.2, 0.25) is 0 Å². The lowest BCUT2D eigenvalue weighted by molar-refractivity contribution is 0.102. The van der Waals surface area contributed by atoms with Crippen LogP contribution in [0.5, 0.6) is 0 Å². The minimum absolute atomic E-state index is 0.240. The number of halogens is 1. The molecule has 2 aromatic carbocycles. The summed E-state index contributed by atoms with van der Waals surface area (Å²) in [4.78, 5) is 16.7. The molecular formula is C19H15FN6O. The van der Waals surface area contributed by atoms with Gasteiger partial charge in [0.05, 0.1) is 11.3 Å². The summed E-state index contributed by atoms with van der Waals surface area (Å²) in [7, 11) is 0. The van der Waals surface area contributed by atoms with E-state index in [2.05, 4.69) is 25.6 Å². The van der Waals surface area contributed by atoms with Crippen LogP contribution in [0.3, 0.4) is 0 Å². The molecule has 0 unspecified atom stereocenters. The van der Waals surface area contributed by atoms with Gasteiger partial charge in [0.1, 0.15) is 17.8 Å². The molecule has 27 heavy (non-hydrogen) atoms. The van der Waals surface area contributed by atoms with E-state index < -0.39 is 0 Å². The number of aryl methyl sites for hydroxylation is 1. The third-order valence-electron chi connectivity index (χ3n) is 4.02. The van der Waals surface area contributed by atoms with Crippen LogP contribution in [0.25, 0.3) is 16.9 Å². The Bertz CT molecular complexity index is 1070. The third kappa shape index (κ3) is 3.45. The predicted molar refractivity (Wildman–Crippen MR) is 98.0 cm³/mol. The number of nitrogens with zero attached hydrogens (tertiary/aromatic N) is 4. The summed E-state index contributed by atoms with van der Waals surface area (Å²) in [5.74, 6) is -0.479. The van der Waals surface area contributed by atoms with Gasteiger partial charge in [0, 0.05) is 11.8 Å². The molecule has 4 rings (SSSR count). The maximum Gasteiger partial charge on any atom is 0.261 e. The first-order valence-electron chi connectivity index (χ1n) is 8.19. The molecule has 4 aromatic rings. The highest BCUT2D eigenvalue weighted by atomic mass is 19.1. The van der Waals surface area contributed by atoms with E-state index in [1.807, 2.05) is 31.2 Å². The number of aromatic nitrogens is 5. The van der Waals surface area contributed by atoms with Gasteiger partial charge >= 0.3 is 0 Å². The van der Waals surface area contributed by atoms with Crippen molar-refractivity contribution in [3.63, 3.8) is 0 Å². The van der Waals surface area contributed by atoms with Gasteiger partial charge in [0.25, 0.3) is 5.91 Å². The Morgan fingerprint density at radius 3 is 2.52 bits per heavy atom. The maximum atomic E-state index is 13.2. The maximum absolute atomic E-state index is 13.2. The van der Waals surface area contributed by atoms with Gasteiger partial charge in [-0.25, -0.2) is 14.2 Å². The summed E-state index contributed by atoms with van der Waals surface area (Å²) in [6.07, 6.45) is 2.91. The Morgan fingerprint density at radius 1 is 1.11 bits per heavy atom. The highest BCUT2D eigenvalue weighted by Crippen LogP contribution is 2.25. The van der Waals surface area contributed by atoms with Crippen LogP contribution in [0.1, 0.15) is 15.9 Å². The van der Waals surface area contributed by atoms with Gasteiger partial charge < -0.3 is 0 Å². The molecule has 134 valence electrons. The molecule has 0 saturated carbocycles. The average molecular weight is 362 g/mol. The van der Waals surface area contributed by atoms with Gasteiger partial charge in [0.15, 0.2) is 0 Å². The molecule has 0 aliphatic heterocycles. The number of hydrogen-bond donors (Lipinski definition) is 2. The number of carbonyl (C=O) groups excluding carboxylic acids is 1. The number of anilines is 1. The van der Waals surface area contributed by atoms with Crippen LogP contribution in [-0.4, -0.2) is 30.9 Å². The number of hydrogen-bond acceptors (Lipinski definition) is 4. The SMILES string of the molecule is Cc1ccc(-c2nn(-c3ccc(F)cc3)cc2C(=O)Nc2ncn[nH]2)cc1. The molecule has 0 saturated heterocycles. The molecule has 0 aliphatic carbocycles. The highest BCUT2D eigenvalue weighted by Gasteiger charge is 2.19. The van der Waals surface area contributed by atoms with Crippen molar-refractivity contribution in [3.8, 4) is 16.9 Å². The fourth-order valence-electron chi connectivity index (χ4n) is 2.63. The molecule has 2 N–H and O–H groups in total. The Kier molecular flexibility index (Phi) is 4.21. The van der Waals surface area contributed by atoms with E-state index in [1.165, 1.54) is 18.5 Å². The molecule has 0 atom stereocenters. The summed E-state index contributed by atoms with van der Waals surface area (Å²) in [6.45, 7) is 1.98. The quantitative estimate of drug-likeness (QED) is 0.583. The molecule has 2 aromatic heterocycles. The predicted octanol–water partition coefficient (Wildman–Crippen LogP) is 3.36. The number of nitrogens with one attached hydrogen (secondary N) is 2. The molecule has 0 fully saturated rings. The average Bonchev–Trinajstić information content (AvgIpc) is 3.33. The monoisotopic (exact) mass is 362 g/mol. The lowest BCUT2D eigenvalue weighted by Crippen LogP contribution is -2.13. The van der Waals surface area contributed by atoms with Gasteiger partial charge in [-0.2, -0.15) is 15.2 Å². The molecule has 7 nitrogen and oxygen atoms in total. The Morgan fingerprint density at radius 2 is 1.85 bits per heavy atom. The van der Waals surface area contributed by atoms with Crippen LogP contribution in [0.15, 0.2) is 61.1 Å². The fraction of sp³-hybridized carbons (Fsp3) is 0.0526. The Labute approximate surface area is 153 Å². The number of aromatic amines is 1. The van der Waals surface area contributed by atoms with Gasteiger partial charge in [-0.15, -0.1) is 0 Å². The lowest BCUT2D eigenvalue weighted by atomic mass is 10.1. The first kappa shape index (κ1) is 16.6. The molecule has 1 amide bonds. The van der Waals surface area contributed by atoms with E-state index in [0.29, 0.717) is 16.9 Å². The minimum atomic E-state index is -0.379. The molecule has 0 spiro atoms. The Balaban J connectivity index is 1.78. The third-order valence-corrected chi connectivity index (χ3v) is 4.02. The number of carbonyl (C=O) groups is 1. The van der Waals surface area contributed by atoms with Crippen LogP contribution >= 0.6 is 0 Å². The van der Waals surface area contributed by atoms with E-state index >= 15 is 0 Å². The topological polar surface area (TPSA) is 88.5 Å². The Hall–Kier alpha value is -3.81. The second kappa shape index (κ2) is 6.83. The van der Waals surface area contributed by atoms with E-state index in [4.69, 9.17) is 0 Å². The molecule has 0 bridgehead atoms. The molecule has 2 heterocycles. The highest BCUT2D eigenvalue weighted by molar-refractivity contribution is 6.07. The smallest absolute Gasteiger partial charge is 0.261 e. The summed E-state index contributed by atoms with van der Waals surface area (Å²) in [5.41, 5.74) is 3.41. The van der Waals surface area contributed by atoms with Gasteiger partial charge in [-0.3, -0.25) is 10.1 Å². The van der Waals surface area contributed by atoms with Crippen LogP contribution in [0, 0.1) is 12.7 Å². The van der Waals surface area contributed by atoms with Crippen molar-refractivity contribution in [2.45, 2.75) is 6.92 Å². The summed E-state index contributed by atoms with van der Waals surface area (Å²) < 4.78 is 14.8. The first-order valence-corrected chi connectivity index (χ1v) is 8.19. The van der Waals surface area contributed by atoms with Crippen molar-refractivity contribution in [1.82, 2.24) is 25.0 Å². The zero-order chi connectivity index (χ0) is 18.8. The normalized spacial score (nSPS) is 10.7. The first-order chi connectivity index (χ1) is 13.1. The second-order valence-corrected chi connectivity index (χ2v) is 5.97. The number of amides is 1.